The van der Waals surface area contributed by atoms with Gasteiger partial charge in [0, 0.05) is 51.4 Å². The Bertz CT molecular complexity index is 900. The molecule has 2 amide bonds. The molecule has 5 rings (SSSR count). The van der Waals surface area contributed by atoms with E-state index in [1.54, 1.807) is 12.3 Å². The lowest BCUT2D eigenvalue weighted by molar-refractivity contribution is -0.179. The van der Waals surface area contributed by atoms with E-state index in [9.17, 15) is 9.59 Å². The van der Waals surface area contributed by atoms with Crippen LogP contribution in [0, 0.1) is 0 Å². The highest BCUT2D eigenvalue weighted by Crippen LogP contribution is 2.40. The van der Waals surface area contributed by atoms with Crippen LogP contribution in [-0.4, -0.2) is 73.6 Å². The largest absolute Gasteiger partial charge is 0.352 e. The van der Waals surface area contributed by atoms with E-state index >= 15 is 0 Å². The van der Waals surface area contributed by atoms with Gasteiger partial charge in [-0.1, -0.05) is 0 Å². The minimum absolute atomic E-state index is 0.0569. The molecule has 1 atom stereocenters. The minimum Gasteiger partial charge on any atom is -0.352 e. The first-order chi connectivity index (χ1) is 14.2. The third-order valence-electron chi connectivity index (χ3n) is 6.24. The summed E-state index contributed by atoms with van der Waals surface area (Å²) >= 11 is 0. The van der Waals surface area contributed by atoms with Gasteiger partial charge in [-0.05, 0) is 18.9 Å². The highest BCUT2D eigenvalue weighted by molar-refractivity contribution is 5.93. The van der Waals surface area contributed by atoms with Crippen molar-refractivity contribution in [1.29, 1.82) is 0 Å². The molecule has 3 aliphatic heterocycles. The molecule has 5 heterocycles. The van der Waals surface area contributed by atoms with E-state index < -0.39 is 11.7 Å². The predicted octanol–water partition coefficient (Wildman–Crippen LogP) is 0.826. The highest BCUT2D eigenvalue weighted by Gasteiger charge is 2.48. The Morgan fingerprint density at radius 1 is 1.03 bits per heavy atom. The fourth-order valence-electron chi connectivity index (χ4n) is 4.68. The number of aromatic nitrogens is 4. The molecule has 0 aromatic carbocycles. The molecular formula is C20H24N6O3. The average Bonchev–Trinajstić information content (AvgIpc) is 3.46. The van der Waals surface area contributed by atoms with Crippen LogP contribution in [-0.2, 0) is 21.7 Å². The summed E-state index contributed by atoms with van der Waals surface area (Å²) in [6.07, 6.45) is 9.53. The van der Waals surface area contributed by atoms with Crippen LogP contribution >= 0.6 is 0 Å². The molecule has 2 saturated heterocycles. The van der Waals surface area contributed by atoms with Crippen LogP contribution in [0.5, 0.6) is 0 Å². The first-order valence-corrected chi connectivity index (χ1v) is 10.2. The summed E-state index contributed by atoms with van der Waals surface area (Å²) in [7, 11) is 0. The van der Waals surface area contributed by atoms with Gasteiger partial charge in [-0.25, -0.2) is 4.98 Å². The van der Waals surface area contributed by atoms with Crippen molar-refractivity contribution in [2.75, 3.05) is 26.2 Å². The maximum Gasteiger partial charge on any atom is 0.255 e. The van der Waals surface area contributed by atoms with Gasteiger partial charge in [0.2, 0.25) is 0 Å². The Labute approximate surface area is 168 Å². The molecule has 152 valence electrons. The van der Waals surface area contributed by atoms with E-state index in [4.69, 9.17) is 4.74 Å². The Hall–Kier alpha value is -2.81. The Kier molecular flexibility index (Phi) is 4.54. The van der Waals surface area contributed by atoms with E-state index in [1.807, 2.05) is 20.6 Å². The molecule has 29 heavy (non-hydrogen) atoms. The first-order valence-electron chi connectivity index (χ1n) is 10.2. The number of carbonyl (C=O) groups is 2. The highest BCUT2D eigenvalue weighted by atomic mass is 16.5. The van der Waals surface area contributed by atoms with Gasteiger partial charge in [-0.2, -0.15) is 10.2 Å². The molecule has 1 spiro atoms. The number of fused-ring (bicyclic) bond motifs is 2. The second-order valence-corrected chi connectivity index (χ2v) is 7.96. The lowest BCUT2D eigenvalue weighted by atomic mass is 9.88. The van der Waals surface area contributed by atoms with Crippen LogP contribution in [0.4, 0.5) is 0 Å². The molecule has 3 aliphatic rings. The number of carbonyl (C=O) groups excluding carboxylic acids is 2. The number of ether oxygens (including phenoxy) is 1. The minimum atomic E-state index is -0.630. The molecule has 0 aliphatic carbocycles. The van der Waals surface area contributed by atoms with Crippen molar-refractivity contribution in [3.05, 3.63) is 42.2 Å². The fraction of sp³-hybridized carbons (Fsp3) is 0.550. The van der Waals surface area contributed by atoms with Crippen molar-refractivity contribution in [2.45, 2.75) is 43.9 Å². The number of nitrogens with zero attached hydrogens (tertiary/aromatic N) is 6. The number of imidazole rings is 1. The number of likely N-dealkylation sites (tertiary alicyclic amines) is 2. The van der Waals surface area contributed by atoms with Crippen LogP contribution in [0.15, 0.2) is 30.9 Å². The normalized spacial score (nSPS) is 23.2. The summed E-state index contributed by atoms with van der Waals surface area (Å²) < 4.78 is 8.52. The smallest absolute Gasteiger partial charge is 0.255 e. The monoisotopic (exact) mass is 396 g/mol. The second kappa shape index (κ2) is 7.22. The Balaban J connectivity index is 1.34. The zero-order chi connectivity index (χ0) is 19.8. The van der Waals surface area contributed by atoms with Crippen molar-refractivity contribution in [2.24, 2.45) is 0 Å². The summed E-state index contributed by atoms with van der Waals surface area (Å²) in [5.41, 5.74) is -0.0983. The summed E-state index contributed by atoms with van der Waals surface area (Å²) in [5.74, 6) is 0.877. The second-order valence-electron chi connectivity index (χ2n) is 7.96. The number of hydrogen-bond acceptors (Lipinski definition) is 6. The topological polar surface area (TPSA) is 93.5 Å². The first kappa shape index (κ1) is 18.2. The van der Waals surface area contributed by atoms with Crippen molar-refractivity contribution in [3.63, 3.8) is 0 Å². The third-order valence-corrected chi connectivity index (χ3v) is 6.24. The molecule has 9 nitrogen and oxygen atoms in total. The van der Waals surface area contributed by atoms with Crippen molar-refractivity contribution < 1.29 is 14.3 Å². The lowest BCUT2D eigenvalue weighted by Crippen LogP contribution is -2.55. The molecule has 2 fully saturated rings. The number of amides is 2. The molecule has 0 bridgehead atoms. The zero-order valence-electron chi connectivity index (χ0n) is 16.2. The summed E-state index contributed by atoms with van der Waals surface area (Å²) in [6, 6.07) is 1.67. The average molecular weight is 396 g/mol. The standard InChI is InChI=1S/C20H24N6O3/c27-17(15-3-6-22-23-13-15)25-10-4-20(5-11-25)19-21-7-12-26(19)14-16(29-20)18(28)24-8-1-2-9-24/h3,6-7,12-13,16H,1-2,4-5,8-11,14H2/t16-/m0/s1. The van der Waals surface area contributed by atoms with Crippen LogP contribution in [0.3, 0.4) is 0 Å². The molecule has 9 heteroatoms. The molecule has 0 N–H and O–H groups in total. The van der Waals surface area contributed by atoms with Crippen molar-refractivity contribution in [1.82, 2.24) is 29.5 Å². The van der Waals surface area contributed by atoms with E-state index in [0.29, 0.717) is 38.0 Å². The van der Waals surface area contributed by atoms with E-state index in [2.05, 4.69) is 15.2 Å². The molecule has 0 saturated carbocycles. The maximum atomic E-state index is 13.0. The van der Waals surface area contributed by atoms with Crippen LogP contribution in [0.2, 0.25) is 0 Å². The van der Waals surface area contributed by atoms with Crippen molar-refractivity contribution in [3.8, 4) is 0 Å². The van der Waals surface area contributed by atoms with Gasteiger partial charge >= 0.3 is 0 Å². The van der Waals surface area contributed by atoms with E-state index in [-0.39, 0.29) is 11.8 Å². The quantitative estimate of drug-likeness (QED) is 0.746. The van der Waals surface area contributed by atoms with Gasteiger partial charge in [0.25, 0.3) is 11.8 Å². The van der Waals surface area contributed by atoms with E-state index in [0.717, 1.165) is 31.8 Å². The van der Waals surface area contributed by atoms with Crippen LogP contribution in [0.25, 0.3) is 0 Å². The maximum absolute atomic E-state index is 13.0. The third kappa shape index (κ3) is 3.19. The van der Waals surface area contributed by atoms with Crippen molar-refractivity contribution >= 4 is 11.8 Å². The van der Waals surface area contributed by atoms with Crippen LogP contribution < -0.4 is 0 Å². The predicted molar refractivity (Wildman–Crippen MR) is 102 cm³/mol. The fourth-order valence-corrected chi connectivity index (χ4v) is 4.68. The summed E-state index contributed by atoms with van der Waals surface area (Å²) in [6.45, 7) is 3.20. The van der Waals surface area contributed by atoms with Gasteiger partial charge < -0.3 is 19.1 Å². The summed E-state index contributed by atoms with van der Waals surface area (Å²) in [4.78, 5) is 34.0. The molecule has 2 aromatic heterocycles. The van der Waals surface area contributed by atoms with Gasteiger partial charge in [-0.3, -0.25) is 9.59 Å². The number of piperidine rings is 1. The molecule has 2 aromatic rings. The van der Waals surface area contributed by atoms with Gasteiger partial charge in [-0.15, -0.1) is 0 Å². The SMILES string of the molecule is O=C(c1ccnnc1)N1CCC2(CC1)O[C@H](C(=O)N1CCCC1)Cn1ccnc12. The van der Waals surface area contributed by atoms with Gasteiger partial charge in [0.05, 0.1) is 24.5 Å². The number of hydrogen-bond donors (Lipinski definition) is 0. The zero-order valence-corrected chi connectivity index (χ0v) is 16.2. The lowest BCUT2D eigenvalue weighted by Gasteiger charge is -2.46. The Morgan fingerprint density at radius 3 is 2.55 bits per heavy atom. The molecule has 0 radical (unpaired) electrons. The number of rotatable bonds is 2. The van der Waals surface area contributed by atoms with E-state index in [1.165, 1.54) is 12.4 Å². The van der Waals surface area contributed by atoms with Gasteiger partial charge in [0.1, 0.15) is 11.4 Å². The molecule has 0 unspecified atom stereocenters. The Morgan fingerprint density at radius 2 is 1.83 bits per heavy atom. The summed E-state index contributed by atoms with van der Waals surface area (Å²) in [5, 5.41) is 7.53. The van der Waals surface area contributed by atoms with Gasteiger partial charge in [0.15, 0.2) is 6.10 Å². The molecular weight excluding hydrogens is 372 g/mol. The van der Waals surface area contributed by atoms with Crippen LogP contribution in [0.1, 0.15) is 41.9 Å².